The summed E-state index contributed by atoms with van der Waals surface area (Å²) in [5.41, 5.74) is 1.25. The third-order valence-corrected chi connectivity index (χ3v) is 3.73. The fourth-order valence-corrected chi connectivity index (χ4v) is 2.47. The Kier molecular flexibility index (Phi) is 4.16. The molecule has 0 radical (unpaired) electrons. The minimum atomic E-state index is -0.857. The van der Waals surface area contributed by atoms with E-state index in [0.29, 0.717) is 25.2 Å². The Bertz CT molecular complexity index is 569. The summed E-state index contributed by atoms with van der Waals surface area (Å²) in [4.78, 5) is 30.7. The van der Waals surface area contributed by atoms with Crippen LogP contribution in [0.3, 0.4) is 0 Å². The lowest BCUT2D eigenvalue weighted by molar-refractivity contribution is -0.133. The van der Waals surface area contributed by atoms with Crippen LogP contribution in [-0.2, 0) is 4.79 Å². The van der Waals surface area contributed by atoms with Crippen LogP contribution in [0.15, 0.2) is 12.3 Å². The Morgan fingerprint density at radius 2 is 2.24 bits per heavy atom. The highest BCUT2D eigenvalue weighted by Crippen LogP contribution is 2.24. The zero-order valence-electron chi connectivity index (χ0n) is 13.0. The van der Waals surface area contributed by atoms with Crippen molar-refractivity contribution in [1.29, 1.82) is 0 Å². The van der Waals surface area contributed by atoms with Gasteiger partial charge in [-0.15, -0.1) is 0 Å². The van der Waals surface area contributed by atoms with E-state index in [1.54, 1.807) is 24.9 Å². The van der Waals surface area contributed by atoms with E-state index in [4.69, 9.17) is 0 Å². The molecule has 1 saturated heterocycles. The normalized spacial score (nSPS) is 17.3. The van der Waals surface area contributed by atoms with Gasteiger partial charge in [-0.25, -0.2) is 0 Å². The van der Waals surface area contributed by atoms with Gasteiger partial charge in [0.25, 0.3) is 5.91 Å². The number of amides is 2. The summed E-state index contributed by atoms with van der Waals surface area (Å²) in [5.74, 6) is -0.300. The molecule has 1 aliphatic rings. The van der Waals surface area contributed by atoms with Crippen LogP contribution < -0.4 is 10.6 Å². The predicted octanol–water partition coefficient (Wildman–Crippen LogP) is 1.17. The summed E-state index contributed by atoms with van der Waals surface area (Å²) >= 11 is 0. The fraction of sp³-hybridized carbons (Fsp3) is 0.533. The standard InChI is InChI=1S/C15H22N4O2/c1-5-16-12-8-10(2)18-9-11(12)13(20)19-7-6-17-14(21)15(19,3)4/h8-9H,5-7H2,1-4H3,(H,16,18)(H,17,21). The van der Waals surface area contributed by atoms with Crippen molar-refractivity contribution >= 4 is 17.5 Å². The average molecular weight is 290 g/mol. The van der Waals surface area contributed by atoms with Gasteiger partial charge in [-0.3, -0.25) is 14.6 Å². The van der Waals surface area contributed by atoms with E-state index >= 15 is 0 Å². The molecule has 21 heavy (non-hydrogen) atoms. The summed E-state index contributed by atoms with van der Waals surface area (Å²) in [5, 5.41) is 5.98. The van der Waals surface area contributed by atoms with Crippen LogP contribution in [0.5, 0.6) is 0 Å². The van der Waals surface area contributed by atoms with E-state index in [1.807, 2.05) is 19.9 Å². The topological polar surface area (TPSA) is 74.3 Å². The number of pyridine rings is 1. The van der Waals surface area contributed by atoms with Crippen molar-refractivity contribution in [1.82, 2.24) is 15.2 Å². The molecular weight excluding hydrogens is 268 g/mol. The van der Waals surface area contributed by atoms with Crippen LogP contribution in [-0.4, -0.2) is 46.9 Å². The number of aromatic nitrogens is 1. The van der Waals surface area contributed by atoms with Crippen LogP contribution in [0.4, 0.5) is 5.69 Å². The number of rotatable bonds is 3. The third-order valence-electron chi connectivity index (χ3n) is 3.73. The van der Waals surface area contributed by atoms with Crippen LogP contribution in [0.1, 0.15) is 36.8 Å². The molecule has 0 unspecified atom stereocenters. The zero-order chi connectivity index (χ0) is 15.6. The van der Waals surface area contributed by atoms with Gasteiger partial charge >= 0.3 is 0 Å². The Morgan fingerprint density at radius 1 is 1.52 bits per heavy atom. The van der Waals surface area contributed by atoms with Gasteiger partial charge in [-0.1, -0.05) is 0 Å². The van der Waals surface area contributed by atoms with Gasteiger partial charge in [-0.2, -0.15) is 0 Å². The Labute approximate surface area is 124 Å². The van der Waals surface area contributed by atoms with Crippen molar-refractivity contribution < 1.29 is 9.59 Å². The summed E-state index contributed by atoms with van der Waals surface area (Å²) < 4.78 is 0. The van der Waals surface area contributed by atoms with Crippen molar-refractivity contribution in [3.63, 3.8) is 0 Å². The first-order valence-electron chi connectivity index (χ1n) is 7.18. The maximum Gasteiger partial charge on any atom is 0.258 e. The monoisotopic (exact) mass is 290 g/mol. The molecule has 1 fully saturated rings. The fourth-order valence-electron chi connectivity index (χ4n) is 2.47. The van der Waals surface area contributed by atoms with Gasteiger partial charge in [0.2, 0.25) is 5.91 Å². The highest BCUT2D eigenvalue weighted by molar-refractivity contribution is 6.03. The number of carbonyl (C=O) groups excluding carboxylic acids is 2. The second-order valence-electron chi connectivity index (χ2n) is 5.67. The van der Waals surface area contributed by atoms with E-state index in [-0.39, 0.29) is 11.8 Å². The molecule has 1 aromatic heterocycles. The molecule has 0 spiro atoms. The molecule has 0 bridgehead atoms. The van der Waals surface area contributed by atoms with Crippen LogP contribution >= 0.6 is 0 Å². The molecule has 0 atom stereocenters. The highest BCUT2D eigenvalue weighted by atomic mass is 16.2. The van der Waals surface area contributed by atoms with Crippen molar-refractivity contribution in [2.24, 2.45) is 0 Å². The molecule has 0 aromatic carbocycles. The van der Waals surface area contributed by atoms with Crippen LogP contribution in [0, 0.1) is 6.92 Å². The molecule has 6 nitrogen and oxygen atoms in total. The van der Waals surface area contributed by atoms with E-state index in [9.17, 15) is 9.59 Å². The number of piperazine rings is 1. The lowest BCUT2D eigenvalue weighted by Gasteiger charge is -2.41. The third kappa shape index (κ3) is 2.84. The van der Waals surface area contributed by atoms with Crippen LogP contribution in [0.2, 0.25) is 0 Å². The van der Waals surface area contributed by atoms with E-state index in [0.717, 1.165) is 11.4 Å². The van der Waals surface area contributed by atoms with E-state index in [2.05, 4.69) is 15.6 Å². The van der Waals surface area contributed by atoms with Gasteiger partial charge in [0.1, 0.15) is 5.54 Å². The van der Waals surface area contributed by atoms with Crippen molar-refractivity contribution in [3.05, 3.63) is 23.5 Å². The number of hydrogen-bond donors (Lipinski definition) is 2. The maximum atomic E-state index is 12.8. The maximum absolute atomic E-state index is 12.8. The minimum Gasteiger partial charge on any atom is -0.385 e. The SMILES string of the molecule is CCNc1cc(C)ncc1C(=O)N1CCNC(=O)C1(C)C. The molecule has 1 aliphatic heterocycles. The predicted molar refractivity (Wildman–Crippen MR) is 81.3 cm³/mol. The van der Waals surface area contributed by atoms with Gasteiger partial charge < -0.3 is 15.5 Å². The number of anilines is 1. The average Bonchev–Trinajstić information content (AvgIpc) is 2.42. The summed E-state index contributed by atoms with van der Waals surface area (Å²) in [6.07, 6.45) is 1.58. The van der Waals surface area contributed by atoms with Crippen molar-refractivity contribution in [3.8, 4) is 0 Å². The lowest BCUT2D eigenvalue weighted by atomic mass is 9.97. The van der Waals surface area contributed by atoms with E-state index in [1.165, 1.54) is 0 Å². The molecular formula is C15H22N4O2. The second kappa shape index (κ2) is 5.71. The Balaban J connectivity index is 2.37. The molecule has 0 saturated carbocycles. The quantitative estimate of drug-likeness (QED) is 0.876. The number of aryl methyl sites for hydroxylation is 1. The molecule has 1 aromatic rings. The number of nitrogens with zero attached hydrogens (tertiary/aromatic N) is 2. The number of nitrogens with one attached hydrogen (secondary N) is 2. The molecule has 2 amide bonds. The molecule has 2 rings (SSSR count). The Morgan fingerprint density at radius 3 is 2.90 bits per heavy atom. The first kappa shape index (κ1) is 15.3. The summed E-state index contributed by atoms with van der Waals surface area (Å²) in [7, 11) is 0. The first-order chi connectivity index (χ1) is 9.87. The van der Waals surface area contributed by atoms with Gasteiger partial charge in [0.15, 0.2) is 0 Å². The van der Waals surface area contributed by atoms with Crippen molar-refractivity contribution in [2.75, 3.05) is 25.0 Å². The summed E-state index contributed by atoms with van der Waals surface area (Å²) in [6, 6.07) is 1.85. The van der Waals surface area contributed by atoms with Gasteiger partial charge in [0, 0.05) is 31.5 Å². The molecule has 0 aliphatic carbocycles. The molecule has 6 heteroatoms. The molecule has 2 N–H and O–H groups in total. The van der Waals surface area contributed by atoms with Gasteiger partial charge in [0.05, 0.1) is 11.3 Å². The van der Waals surface area contributed by atoms with Crippen LogP contribution in [0.25, 0.3) is 0 Å². The number of carbonyl (C=O) groups is 2. The highest BCUT2D eigenvalue weighted by Gasteiger charge is 2.41. The smallest absolute Gasteiger partial charge is 0.258 e. The zero-order valence-corrected chi connectivity index (χ0v) is 13.0. The van der Waals surface area contributed by atoms with Gasteiger partial charge in [-0.05, 0) is 33.8 Å². The summed E-state index contributed by atoms with van der Waals surface area (Å²) in [6.45, 7) is 9.06. The number of hydrogen-bond acceptors (Lipinski definition) is 4. The first-order valence-corrected chi connectivity index (χ1v) is 7.18. The molecule has 2 heterocycles. The minimum absolute atomic E-state index is 0.132. The van der Waals surface area contributed by atoms with E-state index < -0.39 is 5.54 Å². The van der Waals surface area contributed by atoms with Crippen molar-refractivity contribution in [2.45, 2.75) is 33.2 Å². The molecule has 114 valence electrons. The second-order valence-corrected chi connectivity index (χ2v) is 5.67. The lowest BCUT2D eigenvalue weighted by Crippen LogP contribution is -2.63. The Hall–Kier alpha value is -2.11. The largest absolute Gasteiger partial charge is 0.385 e.